The van der Waals surface area contributed by atoms with Crippen LogP contribution < -0.4 is 5.73 Å². The predicted molar refractivity (Wildman–Crippen MR) is 61.6 cm³/mol. The molecule has 2 aromatic heterocycles. The number of aromatic nitrogens is 3. The smallest absolute Gasteiger partial charge is 0.0967 e. The maximum Gasteiger partial charge on any atom is 0.0967 e. The number of thiophene rings is 1. The highest BCUT2D eigenvalue weighted by Gasteiger charge is 1.99. The van der Waals surface area contributed by atoms with Crippen molar-refractivity contribution in [2.75, 3.05) is 0 Å². The van der Waals surface area contributed by atoms with Crippen molar-refractivity contribution in [2.24, 2.45) is 5.73 Å². The van der Waals surface area contributed by atoms with E-state index in [1.165, 1.54) is 0 Å². The Bertz CT molecular complexity index is 359. The van der Waals surface area contributed by atoms with E-state index in [-0.39, 0.29) is 24.8 Å². The van der Waals surface area contributed by atoms with E-state index in [0.717, 1.165) is 11.4 Å². The number of nitrogens with zero attached hydrogens (tertiary/aromatic N) is 3. The maximum atomic E-state index is 5.40. The first-order valence-electron chi connectivity index (χ1n) is 3.54. The summed E-state index contributed by atoms with van der Waals surface area (Å²) in [5.74, 6) is 0. The van der Waals surface area contributed by atoms with E-state index in [1.807, 2.05) is 23.0 Å². The van der Waals surface area contributed by atoms with E-state index in [9.17, 15) is 0 Å². The summed E-state index contributed by atoms with van der Waals surface area (Å²) in [4.78, 5) is 0. The van der Waals surface area contributed by atoms with E-state index < -0.39 is 0 Å². The van der Waals surface area contributed by atoms with Gasteiger partial charge in [0, 0.05) is 11.9 Å². The molecule has 0 atom stereocenters. The molecule has 78 valence electrons. The molecule has 0 fully saturated rings. The summed E-state index contributed by atoms with van der Waals surface area (Å²) in [6, 6.07) is 1.99. The van der Waals surface area contributed by atoms with Gasteiger partial charge in [0.25, 0.3) is 0 Å². The van der Waals surface area contributed by atoms with Crippen molar-refractivity contribution >= 4 is 36.2 Å². The third-order valence-corrected chi connectivity index (χ3v) is 2.19. The lowest BCUT2D eigenvalue weighted by molar-refractivity contribution is 0.799. The molecule has 0 aliphatic heterocycles. The van der Waals surface area contributed by atoms with E-state index in [0.29, 0.717) is 6.54 Å². The normalized spacial score (nSPS) is 8.93. The molecule has 4 nitrogen and oxygen atoms in total. The van der Waals surface area contributed by atoms with Gasteiger partial charge in [-0.05, 0) is 11.4 Å². The Kier molecular flexibility index (Phi) is 5.71. The number of hydrogen-bond acceptors (Lipinski definition) is 4. The molecule has 0 bridgehead atoms. The zero-order valence-electron chi connectivity index (χ0n) is 7.16. The SMILES string of the molecule is Cl.Cl.NCc1cn(-c2ccsc2)nn1. The van der Waals surface area contributed by atoms with Gasteiger partial charge in [-0.2, -0.15) is 11.3 Å². The molecule has 2 rings (SSSR count). The van der Waals surface area contributed by atoms with Gasteiger partial charge in [-0.25, -0.2) is 4.68 Å². The molecule has 0 amide bonds. The molecule has 0 spiro atoms. The van der Waals surface area contributed by atoms with Gasteiger partial charge in [-0.15, -0.1) is 29.9 Å². The quantitative estimate of drug-likeness (QED) is 0.884. The third kappa shape index (κ3) is 2.68. The van der Waals surface area contributed by atoms with Crippen molar-refractivity contribution in [2.45, 2.75) is 6.54 Å². The van der Waals surface area contributed by atoms with Gasteiger partial charge >= 0.3 is 0 Å². The lowest BCUT2D eigenvalue weighted by Gasteiger charge is -1.90. The van der Waals surface area contributed by atoms with Crippen molar-refractivity contribution in [3.63, 3.8) is 0 Å². The number of hydrogen-bond donors (Lipinski definition) is 1. The summed E-state index contributed by atoms with van der Waals surface area (Å²) >= 11 is 1.63. The standard InChI is InChI=1S/C7H8N4S.2ClH/c8-3-6-4-11(10-9-6)7-1-2-12-5-7;;/h1-2,4-5H,3,8H2;2*1H. The predicted octanol–water partition coefficient (Wildman–Crippen LogP) is 1.63. The van der Waals surface area contributed by atoms with Crippen LogP contribution in [0.25, 0.3) is 5.69 Å². The Morgan fingerprint density at radius 2 is 2.21 bits per heavy atom. The van der Waals surface area contributed by atoms with Crippen LogP contribution in [0.1, 0.15) is 5.69 Å². The van der Waals surface area contributed by atoms with Crippen molar-refractivity contribution in [3.05, 3.63) is 28.7 Å². The zero-order valence-corrected chi connectivity index (χ0v) is 9.61. The van der Waals surface area contributed by atoms with Crippen molar-refractivity contribution in [3.8, 4) is 5.69 Å². The molecule has 7 heteroatoms. The van der Waals surface area contributed by atoms with E-state index in [4.69, 9.17) is 5.73 Å². The van der Waals surface area contributed by atoms with Gasteiger partial charge in [0.2, 0.25) is 0 Å². The van der Waals surface area contributed by atoms with Crippen LogP contribution in [-0.4, -0.2) is 15.0 Å². The van der Waals surface area contributed by atoms with E-state index >= 15 is 0 Å². The summed E-state index contributed by atoms with van der Waals surface area (Å²) in [6.45, 7) is 0.435. The average molecular weight is 253 g/mol. The van der Waals surface area contributed by atoms with Crippen LogP contribution in [0.5, 0.6) is 0 Å². The minimum Gasteiger partial charge on any atom is -0.325 e. The van der Waals surface area contributed by atoms with Gasteiger partial charge in [-0.3, -0.25) is 0 Å². The third-order valence-electron chi connectivity index (χ3n) is 1.52. The number of rotatable bonds is 2. The first-order valence-corrected chi connectivity index (χ1v) is 4.48. The summed E-state index contributed by atoms with van der Waals surface area (Å²) in [6.07, 6.45) is 1.84. The molecule has 2 aromatic rings. The minimum atomic E-state index is 0. The molecule has 0 unspecified atom stereocenters. The van der Waals surface area contributed by atoms with Crippen LogP contribution in [0.4, 0.5) is 0 Å². The topological polar surface area (TPSA) is 56.7 Å². The van der Waals surface area contributed by atoms with E-state index in [2.05, 4.69) is 10.3 Å². The second-order valence-corrected chi connectivity index (χ2v) is 3.12. The molecular weight excluding hydrogens is 243 g/mol. The van der Waals surface area contributed by atoms with Crippen molar-refractivity contribution in [1.29, 1.82) is 0 Å². The van der Waals surface area contributed by atoms with Gasteiger partial charge in [0.15, 0.2) is 0 Å². The summed E-state index contributed by atoms with van der Waals surface area (Å²) < 4.78 is 1.72. The van der Waals surface area contributed by atoms with Crippen LogP contribution in [0.3, 0.4) is 0 Å². The Hall–Kier alpha value is -0.620. The molecule has 14 heavy (non-hydrogen) atoms. The highest BCUT2D eigenvalue weighted by Crippen LogP contribution is 2.10. The first-order chi connectivity index (χ1) is 5.90. The van der Waals surface area contributed by atoms with Gasteiger partial charge in [-0.1, -0.05) is 5.21 Å². The van der Waals surface area contributed by atoms with Gasteiger partial charge in [0.05, 0.1) is 17.6 Å². The van der Waals surface area contributed by atoms with Crippen LogP contribution in [0.15, 0.2) is 23.0 Å². The molecule has 0 aliphatic carbocycles. The maximum absolute atomic E-state index is 5.40. The largest absolute Gasteiger partial charge is 0.325 e. The van der Waals surface area contributed by atoms with Gasteiger partial charge < -0.3 is 5.73 Å². The molecule has 2 N–H and O–H groups in total. The lowest BCUT2D eigenvalue weighted by atomic mass is 10.5. The van der Waals surface area contributed by atoms with E-state index in [1.54, 1.807) is 16.0 Å². The first kappa shape index (κ1) is 13.4. The molecule has 0 saturated carbocycles. The Labute approximate surface area is 97.9 Å². The molecule has 0 radical (unpaired) electrons. The second kappa shape index (κ2) is 5.98. The van der Waals surface area contributed by atoms with Crippen LogP contribution in [0, 0.1) is 0 Å². The summed E-state index contributed by atoms with van der Waals surface area (Å²) in [5.41, 5.74) is 7.24. The number of nitrogens with two attached hydrogens (primary N) is 1. The highest BCUT2D eigenvalue weighted by molar-refractivity contribution is 7.08. The zero-order chi connectivity index (χ0) is 8.39. The Balaban J connectivity index is 0.000000845. The molecule has 2 heterocycles. The summed E-state index contributed by atoms with van der Waals surface area (Å²) in [7, 11) is 0. The minimum absolute atomic E-state index is 0. The fourth-order valence-corrected chi connectivity index (χ4v) is 1.53. The van der Waals surface area contributed by atoms with Crippen LogP contribution in [0.2, 0.25) is 0 Å². The van der Waals surface area contributed by atoms with Crippen LogP contribution in [-0.2, 0) is 6.54 Å². The second-order valence-electron chi connectivity index (χ2n) is 2.34. The van der Waals surface area contributed by atoms with Crippen LogP contribution >= 0.6 is 36.2 Å². The monoisotopic (exact) mass is 252 g/mol. The average Bonchev–Trinajstić information content (AvgIpc) is 2.75. The Morgan fingerprint density at radius 1 is 1.43 bits per heavy atom. The molecule has 0 aliphatic rings. The highest BCUT2D eigenvalue weighted by atomic mass is 35.5. The fraction of sp³-hybridized carbons (Fsp3) is 0.143. The Morgan fingerprint density at radius 3 is 2.71 bits per heavy atom. The van der Waals surface area contributed by atoms with Crippen molar-refractivity contribution in [1.82, 2.24) is 15.0 Å². The molecular formula is C7H10Cl2N4S. The molecule has 0 saturated heterocycles. The lowest BCUT2D eigenvalue weighted by Crippen LogP contribution is -1.95. The summed E-state index contributed by atoms with van der Waals surface area (Å²) in [5, 5.41) is 11.8. The molecule has 0 aromatic carbocycles. The van der Waals surface area contributed by atoms with Gasteiger partial charge in [0.1, 0.15) is 0 Å². The fourth-order valence-electron chi connectivity index (χ4n) is 0.906. The number of halogens is 2. The van der Waals surface area contributed by atoms with Crippen molar-refractivity contribution < 1.29 is 0 Å².